The van der Waals surface area contributed by atoms with E-state index >= 15 is 0 Å². The van der Waals surface area contributed by atoms with Crippen LogP contribution in [0.4, 0.5) is 0 Å². The van der Waals surface area contributed by atoms with Gasteiger partial charge in [-0.25, -0.2) is 9.59 Å². The van der Waals surface area contributed by atoms with Crippen molar-refractivity contribution in [2.24, 2.45) is 0 Å². The van der Waals surface area contributed by atoms with Gasteiger partial charge in [0.2, 0.25) is 0 Å². The van der Waals surface area contributed by atoms with Gasteiger partial charge in [0.15, 0.2) is 0 Å². The van der Waals surface area contributed by atoms with Crippen LogP contribution in [0.2, 0.25) is 0 Å². The topological polar surface area (TPSA) is 52.6 Å². The number of alkyl halides is 1. The number of carbonyl (C=O) groups excluding carboxylic acids is 2. The van der Waals surface area contributed by atoms with Crippen LogP contribution >= 0.6 is 15.9 Å². The average Bonchev–Trinajstić information content (AvgIpc) is 2.33. The lowest BCUT2D eigenvalue weighted by molar-refractivity contribution is -0.135. The predicted octanol–water partition coefficient (Wildman–Crippen LogP) is 2.24. The Morgan fingerprint density at radius 2 is 1.50 bits per heavy atom. The van der Waals surface area contributed by atoms with Crippen LogP contribution in [0.3, 0.4) is 0 Å². The Morgan fingerprint density at radius 1 is 1.06 bits per heavy atom. The number of rotatable bonds is 4. The molecule has 16 heavy (non-hydrogen) atoms. The first kappa shape index (κ1) is 17.3. The first-order valence-corrected chi connectivity index (χ1v) is 5.79. The van der Waals surface area contributed by atoms with Gasteiger partial charge in [0.25, 0.3) is 0 Å². The SMILES string of the molecule is CC/C=C/C(=O)OC.COC(=O)/C=C/CBr. The zero-order valence-electron chi connectivity index (χ0n) is 9.73. The van der Waals surface area contributed by atoms with E-state index in [-0.39, 0.29) is 11.9 Å². The number of hydrogen-bond donors (Lipinski definition) is 0. The summed E-state index contributed by atoms with van der Waals surface area (Å²) in [4.78, 5) is 20.5. The molecule has 0 fully saturated rings. The van der Waals surface area contributed by atoms with Gasteiger partial charge < -0.3 is 9.47 Å². The zero-order valence-corrected chi connectivity index (χ0v) is 11.3. The van der Waals surface area contributed by atoms with Crippen LogP contribution in [0, 0.1) is 0 Å². The van der Waals surface area contributed by atoms with Gasteiger partial charge in [-0.1, -0.05) is 35.0 Å². The molecule has 0 heterocycles. The molecule has 0 rings (SSSR count). The van der Waals surface area contributed by atoms with Crippen molar-refractivity contribution in [1.29, 1.82) is 0 Å². The zero-order chi connectivity index (χ0) is 12.8. The van der Waals surface area contributed by atoms with Crippen molar-refractivity contribution in [3.63, 3.8) is 0 Å². The molecule has 0 aliphatic carbocycles. The highest BCUT2D eigenvalue weighted by Crippen LogP contribution is 1.82. The Labute approximate surface area is 104 Å². The van der Waals surface area contributed by atoms with E-state index in [4.69, 9.17) is 0 Å². The minimum Gasteiger partial charge on any atom is -0.466 e. The molecule has 0 aromatic rings. The van der Waals surface area contributed by atoms with Crippen molar-refractivity contribution in [3.8, 4) is 0 Å². The van der Waals surface area contributed by atoms with Crippen LogP contribution < -0.4 is 0 Å². The van der Waals surface area contributed by atoms with E-state index in [0.717, 1.165) is 6.42 Å². The number of hydrogen-bond acceptors (Lipinski definition) is 4. The molecule has 0 aromatic carbocycles. The van der Waals surface area contributed by atoms with Crippen molar-refractivity contribution in [2.75, 3.05) is 19.5 Å². The maximum atomic E-state index is 10.3. The summed E-state index contributed by atoms with van der Waals surface area (Å²) in [6.07, 6.45) is 7.08. The van der Waals surface area contributed by atoms with Crippen molar-refractivity contribution < 1.29 is 19.1 Å². The van der Waals surface area contributed by atoms with E-state index in [2.05, 4.69) is 25.4 Å². The van der Waals surface area contributed by atoms with Gasteiger partial charge in [0, 0.05) is 17.5 Å². The second-order valence-electron chi connectivity index (χ2n) is 2.41. The van der Waals surface area contributed by atoms with Crippen LogP contribution in [-0.4, -0.2) is 31.5 Å². The van der Waals surface area contributed by atoms with E-state index in [9.17, 15) is 9.59 Å². The molecule has 92 valence electrons. The smallest absolute Gasteiger partial charge is 0.330 e. The monoisotopic (exact) mass is 292 g/mol. The summed E-state index contributed by atoms with van der Waals surface area (Å²) in [6.45, 7) is 1.96. The van der Waals surface area contributed by atoms with E-state index in [1.165, 1.54) is 26.4 Å². The third-order valence-corrected chi connectivity index (χ3v) is 1.61. The normalized spacial score (nSPS) is 9.75. The quantitative estimate of drug-likeness (QED) is 0.453. The molecule has 4 nitrogen and oxygen atoms in total. The molecule has 0 atom stereocenters. The average molecular weight is 293 g/mol. The molecule has 5 heteroatoms. The van der Waals surface area contributed by atoms with Gasteiger partial charge in [-0.05, 0) is 6.42 Å². The largest absolute Gasteiger partial charge is 0.466 e. The van der Waals surface area contributed by atoms with Crippen LogP contribution in [0.15, 0.2) is 24.3 Å². The van der Waals surface area contributed by atoms with Gasteiger partial charge in [-0.2, -0.15) is 0 Å². The van der Waals surface area contributed by atoms with E-state index in [1.807, 2.05) is 6.92 Å². The van der Waals surface area contributed by atoms with Crippen LogP contribution in [-0.2, 0) is 19.1 Å². The number of ether oxygens (including phenoxy) is 2. The van der Waals surface area contributed by atoms with E-state index in [1.54, 1.807) is 12.2 Å². The van der Waals surface area contributed by atoms with Gasteiger partial charge in [0.1, 0.15) is 0 Å². The standard InChI is InChI=1S/C6H10O2.C5H7BrO2/c1-3-4-5-6(7)8-2;1-8-5(7)3-2-4-6/h4-5H,3H2,1-2H3;2-3H,4H2,1H3/b5-4+;3-2+. The van der Waals surface area contributed by atoms with Gasteiger partial charge in [-0.15, -0.1) is 0 Å². The van der Waals surface area contributed by atoms with Crippen LogP contribution in [0.25, 0.3) is 0 Å². The molecule has 0 radical (unpaired) electrons. The van der Waals surface area contributed by atoms with E-state index in [0.29, 0.717) is 5.33 Å². The minimum absolute atomic E-state index is 0.285. The van der Waals surface area contributed by atoms with Crippen LogP contribution in [0.5, 0.6) is 0 Å². The number of allylic oxidation sites excluding steroid dienone is 2. The molecular formula is C11H17BrO4. The Balaban J connectivity index is 0. The lowest BCUT2D eigenvalue weighted by Gasteiger charge is -1.86. The maximum Gasteiger partial charge on any atom is 0.330 e. The molecule has 0 bridgehead atoms. The van der Waals surface area contributed by atoms with Crippen molar-refractivity contribution in [3.05, 3.63) is 24.3 Å². The molecule has 0 spiro atoms. The highest BCUT2D eigenvalue weighted by atomic mass is 79.9. The number of halogens is 1. The fraction of sp³-hybridized carbons (Fsp3) is 0.455. The highest BCUT2D eigenvalue weighted by Gasteiger charge is 1.86. The third-order valence-electron chi connectivity index (χ3n) is 1.24. The summed E-state index contributed by atoms with van der Waals surface area (Å²) >= 11 is 3.11. The Morgan fingerprint density at radius 3 is 1.81 bits per heavy atom. The number of esters is 2. The fourth-order valence-corrected chi connectivity index (χ4v) is 0.678. The molecule has 0 unspecified atom stereocenters. The Hall–Kier alpha value is -1.10. The molecule has 0 aromatic heterocycles. The summed E-state index contributed by atoms with van der Waals surface area (Å²) in [5, 5.41) is 0.683. The highest BCUT2D eigenvalue weighted by molar-refractivity contribution is 9.09. The second-order valence-corrected chi connectivity index (χ2v) is 3.06. The Bertz CT molecular complexity index is 220. The van der Waals surface area contributed by atoms with Crippen molar-refractivity contribution in [2.45, 2.75) is 13.3 Å². The molecule has 0 saturated heterocycles. The molecule has 0 aliphatic heterocycles. The number of carbonyl (C=O) groups is 2. The molecule has 0 amide bonds. The lowest BCUT2D eigenvalue weighted by atomic mass is 10.4. The summed E-state index contributed by atoms with van der Waals surface area (Å²) < 4.78 is 8.63. The van der Waals surface area contributed by atoms with Gasteiger partial charge in [0.05, 0.1) is 14.2 Å². The van der Waals surface area contributed by atoms with Crippen LogP contribution in [0.1, 0.15) is 13.3 Å². The lowest BCUT2D eigenvalue weighted by Crippen LogP contribution is -1.93. The second kappa shape index (κ2) is 13.9. The first-order valence-electron chi connectivity index (χ1n) is 4.67. The van der Waals surface area contributed by atoms with Gasteiger partial charge in [-0.3, -0.25) is 0 Å². The fourth-order valence-electron chi connectivity index (χ4n) is 0.491. The summed E-state index contributed by atoms with van der Waals surface area (Å²) in [5.41, 5.74) is 0. The predicted molar refractivity (Wildman–Crippen MR) is 66.4 cm³/mol. The van der Waals surface area contributed by atoms with Crippen molar-refractivity contribution in [1.82, 2.24) is 0 Å². The molecular weight excluding hydrogens is 276 g/mol. The minimum atomic E-state index is -0.315. The third kappa shape index (κ3) is 15.4. The molecule has 0 saturated carbocycles. The molecule has 0 aliphatic rings. The summed E-state index contributed by atoms with van der Waals surface area (Å²) in [7, 11) is 2.71. The number of methoxy groups -OCH3 is 2. The van der Waals surface area contributed by atoms with E-state index < -0.39 is 0 Å². The summed E-state index contributed by atoms with van der Waals surface area (Å²) in [5.74, 6) is -0.601. The molecule has 0 N–H and O–H groups in total. The first-order chi connectivity index (χ1) is 7.62. The van der Waals surface area contributed by atoms with Crippen molar-refractivity contribution >= 4 is 27.9 Å². The Kier molecular flexibility index (Phi) is 15.0. The van der Waals surface area contributed by atoms with Gasteiger partial charge >= 0.3 is 11.9 Å². The summed E-state index contributed by atoms with van der Waals surface area (Å²) in [6, 6.07) is 0. The maximum absolute atomic E-state index is 10.3.